The van der Waals surface area contributed by atoms with Crippen LogP contribution in [0.15, 0.2) is 22.8 Å². The zero-order valence-electron chi connectivity index (χ0n) is 7.65. The molecule has 0 nitrogen and oxygen atoms in total. The van der Waals surface area contributed by atoms with E-state index in [2.05, 4.69) is 13.0 Å². The Balaban J connectivity index is 0.000000461. The summed E-state index contributed by atoms with van der Waals surface area (Å²) < 4.78 is 0. The van der Waals surface area contributed by atoms with Crippen molar-refractivity contribution in [3.8, 4) is 0 Å². The molecule has 0 aromatic heterocycles. The molecule has 0 unspecified atom stereocenters. The molecule has 11 heavy (non-hydrogen) atoms. The number of hydrogen-bond donors (Lipinski definition) is 0. The van der Waals surface area contributed by atoms with Crippen molar-refractivity contribution in [2.24, 2.45) is 0 Å². The summed E-state index contributed by atoms with van der Waals surface area (Å²) >= 11 is 5.86. The zero-order valence-corrected chi connectivity index (χ0v) is 8.41. The average Bonchev–Trinajstić information content (AvgIpc) is 2.22. The third kappa shape index (κ3) is 4.26. The van der Waals surface area contributed by atoms with E-state index in [1.807, 2.05) is 19.9 Å². The van der Waals surface area contributed by atoms with E-state index in [-0.39, 0.29) is 0 Å². The summed E-state index contributed by atoms with van der Waals surface area (Å²) in [6.45, 7) is 6.10. The molecule has 1 aliphatic rings. The van der Waals surface area contributed by atoms with Gasteiger partial charge in [-0.15, -0.1) is 0 Å². The minimum absolute atomic E-state index is 0.938. The molecule has 0 saturated carbocycles. The fourth-order valence-corrected chi connectivity index (χ4v) is 1.12. The van der Waals surface area contributed by atoms with Crippen molar-refractivity contribution in [2.45, 2.75) is 40.0 Å². The van der Waals surface area contributed by atoms with Crippen molar-refractivity contribution >= 4 is 11.6 Å². The molecule has 0 fully saturated rings. The van der Waals surface area contributed by atoms with Crippen LogP contribution in [-0.2, 0) is 0 Å². The molecule has 0 aromatic carbocycles. The van der Waals surface area contributed by atoms with Crippen molar-refractivity contribution < 1.29 is 0 Å². The van der Waals surface area contributed by atoms with Crippen LogP contribution in [0.3, 0.4) is 0 Å². The normalized spacial score (nSPS) is 17.1. The smallest absolute Gasteiger partial charge is 0.0392 e. The molecule has 0 aromatic rings. The van der Waals surface area contributed by atoms with Crippen LogP contribution in [0.25, 0.3) is 0 Å². The van der Waals surface area contributed by atoms with Gasteiger partial charge in [0.1, 0.15) is 0 Å². The van der Waals surface area contributed by atoms with Gasteiger partial charge in [-0.1, -0.05) is 37.1 Å². The van der Waals surface area contributed by atoms with Crippen molar-refractivity contribution in [3.63, 3.8) is 0 Å². The second-order valence-corrected chi connectivity index (χ2v) is 2.83. The van der Waals surface area contributed by atoms with E-state index >= 15 is 0 Å². The standard InChI is InChI=1S/C8H11Cl.C2H6/c1-7-5-3-2-4-6-8(7)9;1-2/h4,6H,2-3,5H2,1H3;1-2H3. The van der Waals surface area contributed by atoms with Gasteiger partial charge in [0.25, 0.3) is 0 Å². The van der Waals surface area contributed by atoms with Gasteiger partial charge in [0.2, 0.25) is 0 Å². The highest BCUT2D eigenvalue weighted by Gasteiger charge is 1.98. The molecule has 0 bridgehead atoms. The van der Waals surface area contributed by atoms with Crippen LogP contribution in [0.2, 0.25) is 0 Å². The largest absolute Gasteiger partial charge is 0.0844 e. The van der Waals surface area contributed by atoms with Crippen LogP contribution >= 0.6 is 11.6 Å². The Labute approximate surface area is 74.9 Å². The highest BCUT2D eigenvalue weighted by Crippen LogP contribution is 2.20. The quantitative estimate of drug-likeness (QED) is 0.512. The second-order valence-electron chi connectivity index (χ2n) is 2.42. The zero-order chi connectivity index (χ0) is 8.69. The second kappa shape index (κ2) is 6.48. The lowest BCUT2D eigenvalue weighted by atomic mass is 10.1. The maximum absolute atomic E-state index is 5.86. The molecule has 0 saturated heterocycles. The number of halogens is 1. The molecule has 0 amide bonds. The van der Waals surface area contributed by atoms with E-state index in [0.717, 1.165) is 11.5 Å². The molecule has 64 valence electrons. The minimum Gasteiger partial charge on any atom is -0.0844 e. The SMILES string of the molecule is CC.CC1=C(Cl)C=CCCC1. The van der Waals surface area contributed by atoms with E-state index in [1.165, 1.54) is 18.4 Å². The molecule has 1 aliphatic carbocycles. The summed E-state index contributed by atoms with van der Waals surface area (Å²) in [5, 5.41) is 0.938. The summed E-state index contributed by atoms with van der Waals surface area (Å²) in [6.07, 6.45) is 7.72. The summed E-state index contributed by atoms with van der Waals surface area (Å²) in [5.41, 5.74) is 1.32. The van der Waals surface area contributed by atoms with Gasteiger partial charge < -0.3 is 0 Å². The van der Waals surface area contributed by atoms with Gasteiger partial charge in [-0.25, -0.2) is 0 Å². The third-order valence-corrected chi connectivity index (χ3v) is 2.04. The Morgan fingerprint density at radius 2 is 2.00 bits per heavy atom. The average molecular weight is 173 g/mol. The van der Waals surface area contributed by atoms with Crippen molar-refractivity contribution in [1.29, 1.82) is 0 Å². The first-order chi connectivity index (χ1) is 5.30. The topological polar surface area (TPSA) is 0 Å². The molecular weight excluding hydrogens is 156 g/mol. The molecule has 0 aliphatic heterocycles. The van der Waals surface area contributed by atoms with Crippen molar-refractivity contribution in [2.75, 3.05) is 0 Å². The lowest BCUT2D eigenvalue weighted by Crippen LogP contribution is -1.75. The first kappa shape index (κ1) is 10.8. The van der Waals surface area contributed by atoms with Gasteiger partial charge >= 0.3 is 0 Å². The first-order valence-electron chi connectivity index (χ1n) is 4.32. The highest BCUT2D eigenvalue weighted by molar-refractivity contribution is 6.31. The van der Waals surface area contributed by atoms with Gasteiger partial charge in [-0.2, -0.15) is 0 Å². The molecule has 1 heteroatoms. The first-order valence-corrected chi connectivity index (χ1v) is 4.70. The van der Waals surface area contributed by atoms with Crippen LogP contribution in [0.1, 0.15) is 40.0 Å². The summed E-state index contributed by atoms with van der Waals surface area (Å²) in [5.74, 6) is 0. The van der Waals surface area contributed by atoms with Crippen LogP contribution in [-0.4, -0.2) is 0 Å². The van der Waals surface area contributed by atoms with E-state index in [4.69, 9.17) is 11.6 Å². The number of rotatable bonds is 0. The fraction of sp³-hybridized carbons (Fsp3) is 0.600. The maximum atomic E-state index is 5.86. The Bertz CT molecular complexity index is 154. The summed E-state index contributed by atoms with van der Waals surface area (Å²) in [6, 6.07) is 0. The van der Waals surface area contributed by atoms with Gasteiger partial charge in [0, 0.05) is 5.03 Å². The molecule has 0 radical (unpaired) electrons. The van der Waals surface area contributed by atoms with Crippen molar-refractivity contribution in [1.82, 2.24) is 0 Å². The predicted octanol–water partition coefficient (Wildman–Crippen LogP) is 4.27. The Kier molecular flexibility index (Phi) is 6.34. The molecule has 0 N–H and O–H groups in total. The van der Waals surface area contributed by atoms with Crippen LogP contribution in [0.5, 0.6) is 0 Å². The lowest BCUT2D eigenvalue weighted by molar-refractivity contribution is 0.840. The Morgan fingerprint density at radius 3 is 2.64 bits per heavy atom. The third-order valence-electron chi connectivity index (χ3n) is 1.59. The van der Waals surface area contributed by atoms with Gasteiger partial charge in [0.15, 0.2) is 0 Å². The van der Waals surface area contributed by atoms with E-state index in [0.29, 0.717) is 0 Å². The Hall–Kier alpha value is -0.230. The van der Waals surface area contributed by atoms with Crippen LogP contribution in [0.4, 0.5) is 0 Å². The van der Waals surface area contributed by atoms with E-state index in [9.17, 15) is 0 Å². The highest BCUT2D eigenvalue weighted by atomic mass is 35.5. The van der Waals surface area contributed by atoms with Gasteiger partial charge in [-0.3, -0.25) is 0 Å². The van der Waals surface area contributed by atoms with Crippen LogP contribution < -0.4 is 0 Å². The Morgan fingerprint density at radius 1 is 1.36 bits per heavy atom. The molecular formula is C10H17Cl. The van der Waals surface area contributed by atoms with Crippen LogP contribution in [0, 0.1) is 0 Å². The molecule has 0 heterocycles. The van der Waals surface area contributed by atoms with E-state index in [1.54, 1.807) is 0 Å². The molecule has 0 atom stereocenters. The summed E-state index contributed by atoms with van der Waals surface area (Å²) in [7, 11) is 0. The van der Waals surface area contributed by atoms with E-state index < -0.39 is 0 Å². The summed E-state index contributed by atoms with van der Waals surface area (Å²) in [4.78, 5) is 0. The molecule has 1 rings (SSSR count). The number of allylic oxidation sites excluding steroid dienone is 4. The lowest BCUT2D eigenvalue weighted by Gasteiger charge is -1.95. The predicted molar refractivity (Wildman–Crippen MR) is 52.9 cm³/mol. The fourth-order valence-electron chi connectivity index (χ4n) is 0.934. The maximum Gasteiger partial charge on any atom is 0.0392 e. The van der Waals surface area contributed by atoms with Crippen molar-refractivity contribution in [3.05, 3.63) is 22.8 Å². The van der Waals surface area contributed by atoms with Gasteiger partial charge in [-0.05, 0) is 32.3 Å². The minimum atomic E-state index is 0.938. The monoisotopic (exact) mass is 172 g/mol. The van der Waals surface area contributed by atoms with Gasteiger partial charge in [0.05, 0.1) is 0 Å². The number of hydrogen-bond acceptors (Lipinski definition) is 0. The molecule has 0 spiro atoms.